The molecule has 1 heterocycles. The van der Waals surface area contributed by atoms with E-state index in [4.69, 9.17) is 0 Å². The van der Waals surface area contributed by atoms with Crippen LogP contribution in [-0.4, -0.2) is 18.0 Å². The highest BCUT2D eigenvalue weighted by Gasteiger charge is 1.99. The molecule has 0 aromatic carbocycles. The molecule has 0 atom stereocenters. The van der Waals surface area contributed by atoms with Gasteiger partial charge in [-0.25, -0.2) is 0 Å². The van der Waals surface area contributed by atoms with Crippen LogP contribution in [0.5, 0.6) is 0 Å². The second-order valence-electron chi connectivity index (χ2n) is 1.71. The highest BCUT2D eigenvalue weighted by molar-refractivity contribution is 5.12. The summed E-state index contributed by atoms with van der Waals surface area (Å²) in [6.45, 7) is 4.31. The predicted octanol–water partition coefficient (Wildman–Crippen LogP) is 0.673. The van der Waals surface area contributed by atoms with Crippen LogP contribution in [0.25, 0.3) is 0 Å². The van der Waals surface area contributed by atoms with Gasteiger partial charge < -0.3 is 4.90 Å². The molecule has 0 saturated carbocycles. The summed E-state index contributed by atoms with van der Waals surface area (Å²) < 4.78 is 0. The van der Waals surface area contributed by atoms with E-state index < -0.39 is 0 Å². The van der Waals surface area contributed by atoms with E-state index in [2.05, 4.69) is 23.8 Å². The van der Waals surface area contributed by atoms with E-state index in [1.165, 1.54) is 6.42 Å². The quantitative estimate of drug-likeness (QED) is 0.456. The molecule has 0 amide bonds. The van der Waals surface area contributed by atoms with Gasteiger partial charge in [0.2, 0.25) is 0 Å². The molecule has 0 N–H and O–H groups in total. The first-order valence-corrected chi connectivity index (χ1v) is 2.67. The Morgan fingerprint density at radius 3 is 2.57 bits per heavy atom. The first-order valence-electron chi connectivity index (χ1n) is 2.67. The molecule has 0 spiro atoms. The average molecular weight is 95.1 g/mol. The fourth-order valence-electron chi connectivity index (χ4n) is 0.596. The van der Waals surface area contributed by atoms with Crippen molar-refractivity contribution in [2.45, 2.75) is 13.3 Å². The van der Waals surface area contributed by atoms with E-state index in [1.54, 1.807) is 0 Å². The molecule has 7 heavy (non-hydrogen) atoms. The molecule has 0 radical (unpaired) electrons. The van der Waals surface area contributed by atoms with Crippen molar-refractivity contribution in [2.75, 3.05) is 13.1 Å². The molecule has 0 aliphatic carbocycles. The Kier molecular flexibility index (Phi) is 1.21. The highest BCUT2D eigenvalue weighted by atomic mass is 15.1. The van der Waals surface area contributed by atoms with Crippen LogP contribution in [0.2, 0.25) is 0 Å². The Labute approximate surface area is 44.3 Å². The van der Waals surface area contributed by atoms with Gasteiger partial charge in [-0.1, -0.05) is 12.8 Å². The van der Waals surface area contributed by atoms with E-state index in [9.17, 15) is 0 Å². The Morgan fingerprint density at radius 1 is 1.71 bits per heavy atom. The van der Waals surface area contributed by atoms with Crippen molar-refractivity contribution in [3.63, 3.8) is 0 Å². The summed E-state index contributed by atoms with van der Waals surface area (Å²) in [4.78, 5) is 2.12. The lowest BCUT2D eigenvalue weighted by molar-refractivity contribution is 0.419. The van der Waals surface area contributed by atoms with Gasteiger partial charge in [-0.15, -0.1) is 0 Å². The number of hydrogen-bond donors (Lipinski definition) is 0. The van der Waals surface area contributed by atoms with Gasteiger partial charge in [0.1, 0.15) is 0 Å². The second kappa shape index (κ2) is 1.88. The van der Waals surface area contributed by atoms with Crippen molar-refractivity contribution in [3.8, 4) is 12.0 Å². The normalized spacial score (nSPS) is 14.7. The fourth-order valence-corrected chi connectivity index (χ4v) is 0.596. The zero-order valence-corrected chi connectivity index (χ0v) is 4.57. The smallest absolute Gasteiger partial charge is 0.0887 e. The molecular formula is C6H9N. The van der Waals surface area contributed by atoms with Gasteiger partial charge >= 0.3 is 0 Å². The van der Waals surface area contributed by atoms with Gasteiger partial charge in [0, 0.05) is 12.6 Å². The first kappa shape index (κ1) is 4.52. The van der Waals surface area contributed by atoms with Gasteiger partial charge in [0.15, 0.2) is 0 Å². The minimum absolute atomic E-state index is 0.994. The fraction of sp³-hybridized carbons (Fsp3) is 0.667. The zero-order chi connectivity index (χ0) is 5.11. The topological polar surface area (TPSA) is 3.24 Å². The van der Waals surface area contributed by atoms with Gasteiger partial charge in [-0.05, 0) is 6.42 Å². The molecule has 0 saturated heterocycles. The van der Waals surface area contributed by atoms with Crippen LogP contribution < -0.4 is 0 Å². The Hall–Kier alpha value is -0.640. The van der Waals surface area contributed by atoms with Gasteiger partial charge in [0.05, 0.1) is 6.54 Å². The third kappa shape index (κ3) is 0.866. The van der Waals surface area contributed by atoms with Crippen LogP contribution in [0.4, 0.5) is 0 Å². The summed E-state index contributed by atoms with van der Waals surface area (Å²) in [6.07, 6.45) is 1.22. The lowest BCUT2D eigenvalue weighted by Crippen LogP contribution is -2.25. The second-order valence-corrected chi connectivity index (χ2v) is 1.71. The van der Waals surface area contributed by atoms with E-state index in [0.29, 0.717) is 0 Å². The largest absolute Gasteiger partial charge is 0.321 e. The molecule has 0 aromatic heterocycles. The van der Waals surface area contributed by atoms with Crippen LogP contribution in [0.3, 0.4) is 0 Å². The summed E-state index contributed by atoms with van der Waals surface area (Å²) in [5, 5.41) is 0. The average Bonchev–Trinajstić information content (AvgIpc) is 1.55. The third-order valence-electron chi connectivity index (χ3n) is 1.00. The van der Waals surface area contributed by atoms with E-state index >= 15 is 0 Å². The van der Waals surface area contributed by atoms with Crippen molar-refractivity contribution in [1.82, 2.24) is 4.90 Å². The van der Waals surface area contributed by atoms with Crippen molar-refractivity contribution in [2.24, 2.45) is 0 Å². The highest BCUT2D eigenvalue weighted by Crippen LogP contribution is 1.92. The third-order valence-corrected chi connectivity index (χ3v) is 1.00. The van der Waals surface area contributed by atoms with Crippen molar-refractivity contribution in [3.05, 3.63) is 0 Å². The monoisotopic (exact) mass is 95.1 g/mol. The van der Waals surface area contributed by atoms with Crippen molar-refractivity contribution in [1.29, 1.82) is 0 Å². The molecule has 1 heteroatoms. The summed E-state index contributed by atoms with van der Waals surface area (Å²) in [6, 6.07) is 2.93. The van der Waals surface area contributed by atoms with Crippen LogP contribution in [0.1, 0.15) is 13.3 Å². The van der Waals surface area contributed by atoms with Gasteiger partial charge in [0.25, 0.3) is 0 Å². The lowest BCUT2D eigenvalue weighted by atomic mass is 10.4. The maximum Gasteiger partial charge on any atom is 0.0887 e. The minimum Gasteiger partial charge on any atom is -0.321 e. The first-order chi connectivity index (χ1) is 3.43. The molecule has 0 aromatic rings. The van der Waals surface area contributed by atoms with Crippen LogP contribution in [0.15, 0.2) is 0 Å². The van der Waals surface area contributed by atoms with Gasteiger partial charge in [-0.2, -0.15) is 0 Å². The summed E-state index contributed by atoms with van der Waals surface area (Å²) >= 11 is 0. The van der Waals surface area contributed by atoms with Crippen LogP contribution in [-0.2, 0) is 0 Å². The Morgan fingerprint density at radius 2 is 2.43 bits per heavy atom. The molecule has 1 aliphatic rings. The van der Waals surface area contributed by atoms with Crippen LogP contribution in [0, 0.1) is 12.0 Å². The van der Waals surface area contributed by atoms with E-state index in [0.717, 1.165) is 13.1 Å². The molecule has 0 fully saturated rings. The van der Waals surface area contributed by atoms with Crippen molar-refractivity contribution >= 4 is 0 Å². The number of nitrogens with zero attached hydrogens (tertiary/aromatic N) is 1. The van der Waals surface area contributed by atoms with Crippen LogP contribution >= 0.6 is 0 Å². The van der Waals surface area contributed by atoms with Gasteiger partial charge in [-0.3, -0.25) is 0 Å². The standard InChI is InChI=1S/C6H9N/c1-2-4-7-5-3-6-7/h2,4-5H2,1H3. The van der Waals surface area contributed by atoms with E-state index in [1.807, 2.05) is 0 Å². The van der Waals surface area contributed by atoms with E-state index in [-0.39, 0.29) is 0 Å². The number of hydrogen-bond acceptors (Lipinski definition) is 1. The predicted molar refractivity (Wildman–Crippen MR) is 29.6 cm³/mol. The molecule has 1 rings (SSSR count). The molecule has 0 unspecified atom stereocenters. The molecule has 0 bridgehead atoms. The summed E-state index contributed by atoms with van der Waals surface area (Å²) in [5.41, 5.74) is 0. The zero-order valence-electron chi connectivity index (χ0n) is 4.57. The lowest BCUT2D eigenvalue weighted by Gasteiger charge is -2.17. The maximum atomic E-state index is 2.93. The maximum absolute atomic E-state index is 2.93. The minimum atomic E-state index is 0.994. The SMILES string of the molecule is CCCN1C#CC1. The summed E-state index contributed by atoms with van der Waals surface area (Å²) in [7, 11) is 0. The summed E-state index contributed by atoms with van der Waals surface area (Å²) in [5.74, 6) is 2.92. The molecule has 38 valence electrons. The number of rotatable bonds is 2. The molecule has 1 aliphatic heterocycles. The molecular weight excluding hydrogens is 86.1 g/mol. The van der Waals surface area contributed by atoms with Crippen molar-refractivity contribution < 1.29 is 0 Å². The molecule has 1 nitrogen and oxygen atoms in total. The Balaban J connectivity index is 2.11. The Bertz CT molecular complexity index is 107.